The largest absolute Gasteiger partial charge is 0.363 e. The van der Waals surface area contributed by atoms with Gasteiger partial charge in [-0.2, -0.15) is 10.0 Å². The summed E-state index contributed by atoms with van der Waals surface area (Å²) in [6.07, 6.45) is 0.00594. The van der Waals surface area contributed by atoms with Crippen molar-refractivity contribution in [3.63, 3.8) is 0 Å². The molecule has 5 amide bonds. The fourth-order valence-corrected chi connectivity index (χ4v) is 0.421. The molecule has 0 aromatic carbocycles. The summed E-state index contributed by atoms with van der Waals surface area (Å²) < 4.78 is 0. The average Bonchev–Trinajstić information content (AvgIpc) is 2.12. The van der Waals surface area contributed by atoms with Crippen LogP contribution in [0.2, 0.25) is 0 Å². The van der Waals surface area contributed by atoms with Crippen LogP contribution >= 0.6 is 0 Å². The fraction of sp³-hybridized carbons (Fsp3) is 0.250. The van der Waals surface area contributed by atoms with Gasteiger partial charge in [-0.15, -0.1) is 0 Å². The van der Waals surface area contributed by atoms with Crippen molar-refractivity contribution in [2.24, 2.45) is 17.5 Å². The minimum Gasteiger partial charge on any atom is -0.277 e. The first kappa shape index (κ1) is 11.3. The van der Waals surface area contributed by atoms with Gasteiger partial charge in [0.05, 0.1) is 0 Å². The molecule has 0 aliphatic carbocycles. The highest BCUT2D eigenvalue weighted by molar-refractivity contribution is 5.95. The van der Waals surface area contributed by atoms with Crippen LogP contribution in [0, 0.1) is 0 Å². The van der Waals surface area contributed by atoms with Gasteiger partial charge in [0.15, 0.2) is 0 Å². The van der Waals surface area contributed by atoms with Crippen molar-refractivity contribution in [2.45, 2.75) is 0 Å². The summed E-state index contributed by atoms with van der Waals surface area (Å²) in [5, 5.41) is 0.784. The Morgan fingerprint density at radius 2 is 1.62 bits per heavy atom. The van der Waals surface area contributed by atoms with Gasteiger partial charge >= 0.3 is 12.1 Å². The third-order valence-corrected chi connectivity index (χ3v) is 1.05. The maximum absolute atomic E-state index is 10.9. The number of imide groups is 2. The van der Waals surface area contributed by atoms with Crippen LogP contribution in [0.25, 0.3) is 0 Å². The van der Waals surface area contributed by atoms with Gasteiger partial charge in [-0.3, -0.25) is 9.80 Å². The van der Waals surface area contributed by atoms with Crippen molar-refractivity contribution >= 4 is 18.5 Å². The normalized spacial score (nSPS) is 8.92. The van der Waals surface area contributed by atoms with E-state index in [-0.39, 0.29) is 16.4 Å². The molecular formula is C4H10N6O3. The summed E-state index contributed by atoms with van der Waals surface area (Å²) in [6, 6.07) is -2.18. The third-order valence-electron chi connectivity index (χ3n) is 1.05. The molecule has 0 saturated carbocycles. The summed E-state index contributed by atoms with van der Waals surface area (Å²) in [5.41, 5.74) is 0. The summed E-state index contributed by atoms with van der Waals surface area (Å²) in [5.74, 6) is 14.8. The number of nitrogens with two attached hydrogens (primary N) is 3. The molecule has 0 saturated heterocycles. The minimum absolute atomic E-state index is 0.00594. The number of urea groups is 2. The van der Waals surface area contributed by atoms with Gasteiger partial charge in [0, 0.05) is 7.05 Å². The van der Waals surface area contributed by atoms with Gasteiger partial charge in [0.2, 0.25) is 6.41 Å². The van der Waals surface area contributed by atoms with E-state index in [1.807, 2.05) is 0 Å². The van der Waals surface area contributed by atoms with Crippen LogP contribution in [-0.2, 0) is 4.79 Å². The molecule has 0 bridgehead atoms. The second-order valence-corrected chi connectivity index (χ2v) is 2.06. The molecule has 0 heterocycles. The van der Waals surface area contributed by atoms with E-state index in [0.717, 1.165) is 0 Å². The van der Waals surface area contributed by atoms with Crippen LogP contribution in [0.5, 0.6) is 0 Å². The van der Waals surface area contributed by atoms with Gasteiger partial charge in [-0.05, 0) is 0 Å². The summed E-state index contributed by atoms with van der Waals surface area (Å²) >= 11 is 0. The van der Waals surface area contributed by atoms with E-state index >= 15 is 0 Å². The van der Waals surface area contributed by atoms with E-state index in [1.165, 1.54) is 7.05 Å². The van der Waals surface area contributed by atoms with Gasteiger partial charge < -0.3 is 0 Å². The topological polar surface area (TPSA) is 139 Å². The smallest absolute Gasteiger partial charge is 0.277 e. The first-order valence-electron chi connectivity index (χ1n) is 3.02. The SMILES string of the molecule is CN(N)C(=O)N(N)C(=O)N(N)C=O. The monoisotopic (exact) mass is 190 g/mol. The number of carbonyl (C=O) groups is 3. The highest BCUT2D eigenvalue weighted by Gasteiger charge is 2.23. The van der Waals surface area contributed by atoms with E-state index in [9.17, 15) is 14.4 Å². The fourth-order valence-electron chi connectivity index (χ4n) is 0.421. The molecule has 0 radical (unpaired) electrons. The zero-order chi connectivity index (χ0) is 10.6. The number of hydrazine groups is 3. The lowest BCUT2D eigenvalue weighted by Gasteiger charge is -2.20. The van der Waals surface area contributed by atoms with Crippen molar-refractivity contribution in [1.82, 2.24) is 15.0 Å². The van der Waals surface area contributed by atoms with Crippen molar-refractivity contribution in [3.05, 3.63) is 0 Å². The van der Waals surface area contributed by atoms with Gasteiger partial charge in [-0.25, -0.2) is 27.1 Å². The van der Waals surface area contributed by atoms with Crippen LogP contribution in [0.3, 0.4) is 0 Å². The van der Waals surface area contributed by atoms with E-state index in [4.69, 9.17) is 17.5 Å². The molecule has 0 fully saturated rings. The first-order valence-corrected chi connectivity index (χ1v) is 3.02. The Balaban J connectivity index is 4.42. The minimum atomic E-state index is -1.18. The molecule has 0 aromatic rings. The zero-order valence-corrected chi connectivity index (χ0v) is 6.88. The molecule has 0 aliphatic rings. The van der Waals surface area contributed by atoms with Crippen molar-refractivity contribution < 1.29 is 14.4 Å². The molecule has 9 nitrogen and oxygen atoms in total. The van der Waals surface area contributed by atoms with E-state index in [2.05, 4.69) is 0 Å². The Kier molecular flexibility index (Phi) is 3.78. The lowest BCUT2D eigenvalue weighted by Crippen LogP contribution is -2.56. The number of rotatable bonds is 1. The van der Waals surface area contributed by atoms with E-state index in [1.54, 1.807) is 0 Å². The van der Waals surface area contributed by atoms with Crippen molar-refractivity contribution in [1.29, 1.82) is 0 Å². The lowest BCUT2D eigenvalue weighted by molar-refractivity contribution is -0.116. The molecule has 0 rings (SSSR count). The number of hydrogen-bond donors (Lipinski definition) is 3. The van der Waals surface area contributed by atoms with Gasteiger partial charge in [0.25, 0.3) is 0 Å². The Hall–Kier alpha value is -1.71. The molecule has 13 heavy (non-hydrogen) atoms. The van der Waals surface area contributed by atoms with Crippen LogP contribution in [-0.4, -0.2) is 40.5 Å². The predicted molar refractivity (Wildman–Crippen MR) is 40.9 cm³/mol. The highest BCUT2D eigenvalue weighted by atomic mass is 16.2. The van der Waals surface area contributed by atoms with Crippen molar-refractivity contribution in [2.75, 3.05) is 7.05 Å². The average molecular weight is 190 g/mol. The van der Waals surface area contributed by atoms with Crippen LogP contribution in [0.1, 0.15) is 0 Å². The molecule has 6 N–H and O–H groups in total. The highest BCUT2D eigenvalue weighted by Crippen LogP contribution is 1.89. The zero-order valence-electron chi connectivity index (χ0n) is 6.88. The van der Waals surface area contributed by atoms with Crippen molar-refractivity contribution in [3.8, 4) is 0 Å². The summed E-state index contributed by atoms with van der Waals surface area (Å²) in [6.45, 7) is 0. The Morgan fingerprint density at radius 1 is 1.15 bits per heavy atom. The standard InChI is InChI=1S/C4H10N6O3/c1-8(5)3(12)10(7)4(13)9(6)2-11/h2H,5-7H2,1H3. The predicted octanol–water partition coefficient (Wildman–Crippen LogP) is -2.46. The second kappa shape index (κ2) is 4.35. The summed E-state index contributed by atoms with van der Waals surface area (Å²) in [4.78, 5) is 31.8. The third kappa shape index (κ3) is 2.66. The Bertz CT molecular complexity index is 228. The number of hydrogen-bond acceptors (Lipinski definition) is 6. The van der Waals surface area contributed by atoms with Gasteiger partial charge in [0.1, 0.15) is 0 Å². The maximum Gasteiger partial charge on any atom is 0.363 e. The number of carbonyl (C=O) groups excluding carboxylic acids is 3. The van der Waals surface area contributed by atoms with Gasteiger partial charge in [-0.1, -0.05) is 0 Å². The Labute approximate surface area is 73.5 Å². The molecule has 0 aliphatic heterocycles. The van der Waals surface area contributed by atoms with Crippen LogP contribution in [0.15, 0.2) is 0 Å². The first-order chi connectivity index (χ1) is 5.91. The Morgan fingerprint density at radius 3 is 1.92 bits per heavy atom. The molecule has 74 valence electrons. The maximum atomic E-state index is 10.9. The van der Waals surface area contributed by atoms with E-state index in [0.29, 0.717) is 5.01 Å². The second-order valence-electron chi connectivity index (χ2n) is 2.06. The molecule has 0 unspecified atom stereocenters. The molecule has 9 heteroatoms. The molecule has 0 spiro atoms. The quantitative estimate of drug-likeness (QED) is 0.181. The number of nitrogens with zero attached hydrogens (tertiary/aromatic N) is 3. The van der Waals surface area contributed by atoms with Crippen LogP contribution < -0.4 is 17.5 Å². The summed E-state index contributed by atoms with van der Waals surface area (Å²) in [7, 11) is 1.18. The van der Waals surface area contributed by atoms with E-state index < -0.39 is 12.1 Å². The molecule has 0 atom stereocenters. The molecular weight excluding hydrogens is 180 g/mol. The van der Waals surface area contributed by atoms with Crippen LogP contribution in [0.4, 0.5) is 9.59 Å². The number of amides is 5. The molecule has 0 aromatic heterocycles. The lowest BCUT2D eigenvalue weighted by atomic mass is 10.8.